The van der Waals surface area contributed by atoms with Gasteiger partial charge in [-0.2, -0.15) is 0 Å². The van der Waals surface area contributed by atoms with E-state index in [9.17, 15) is 9.59 Å². The van der Waals surface area contributed by atoms with Gasteiger partial charge < -0.3 is 20.4 Å². The Balaban J connectivity index is 1.36. The van der Waals surface area contributed by atoms with Crippen molar-refractivity contribution in [2.24, 2.45) is 0 Å². The summed E-state index contributed by atoms with van der Waals surface area (Å²) >= 11 is 6.03. The van der Waals surface area contributed by atoms with Crippen LogP contribution in [0, 0.1) is 20.8 Å². The Labute approximate surface area is 248 Å². The number of carbonyl (C=O) groups is 2. The summed E-state index contributed by atoms with van der Waals surface area (Å²) in [5.41, 5.74) is 6.48. The average molecular weight is 577 g/mol. The highest BCUT2D eigenvalue weighted by Gasteiger charge is 2.28. The molecule has 41 heavy (non-hydrogen) atoms. The molecule has 1 aliphatic heterocycles. The third-order valence-corrected chi connectivity index (χ3v) is 8.21. The Morgan fingerprint density at radius 2 is 1.80 bits per heavy atom. The van der Waals surface area contributed by atoms with Crippen LogP contribution in [0.1, 0.15) is 65.9 Å². The van der Waals surface area contributed by atoms with Crippen LogP contribution in [0.5, 0.6) is 0 Å². The van der Waals surface area contributed by atoms with Gasteiger partial charge in [0.15, 0.2) is 0 Å². The van der Waals surface area contributed by atoms with Crippen LogP contribution in [0.3, 0.4) is 0 Å². The van der Waals surface area contributed by atoms with Crippen LogP contribution < -0.4 is 15.5 Å². The first kappa shape index (κ1) is 30.5. The molecule has 0 radical (unpaired) electrons. The maximum absolute atomic E-state index is 12.8. The molecule has 2 N–H and O–H groups in total. The number of hydrogen-bond donors (Lipinski definition) is 2. The fraction of sp³-hybridized carbons (Fsp3) is 0.438. The van der Waals surface area contributed by atoms with Crippen molar-refractivity contribution in [3.05, 3.63) is 81.9 Å². The van der Waals surface area contributed by atoms with Crippen LogP contribution in [0.15, 0.2) is 48.8 Å². The van der Waals surface area contributed by atoms with Gasteiger partial charge in [0.2, 0.25) is 5.91 Å². The van der Waals surface area contributed by atoms with E-state index in [1.165, 1.54) is 18.1 Å². The van der Waals surface area contributed by atoms with Crippen molar-refractivity contribution in [3.8, 4) is 0 Å². The molecule has 0 aliphatic carbocycles. The smallest absolute Gasteiger partial charge is 0.253 e. The van der Waals surface area contributed by atoms with E-state index in [0.29, 0.717) is 35.0 Å². The minimum Gasteiger partial charge on any atom is -0.364 e. The van der Waals surface area contributed by atoms with E-state index in [4.69, 9.17) is 11.6 Å². The van der Waals surface area contributed by atoms with Gasteiger partial charge in [0.1, 0.15) is 5.15 Å². The lowest BCUT2D eigenvalue weighted by atomic mass is 9.99. The number of pyridine rings is 2. The minimum atomic E-state index is -0.0964. The summed E-state index contributed by atoms with van der Waals surface area (Å²) in [5.74, 6) is -0.171. The number of hydrogen-bond acceptors (Lipinski definition) is 6. The molecular formula is C32H41ClN6O2. The van der Waals surface area contributed by atoms with E-state index in [0.717, 1.165) is 55.8 Å². The lowest BCUT2D eigenvalue weighted by Crippen LogP contribution is -2.48. The summed E-state index contributed by atoms with van der Waals surface area (Å²) in [6.45, 7) is 13.0. The molecular weight excluding hydrogens is 536 g/mol. The van der Waals surface area contributed by atoms with Crippen molar-refractivity contribution >= 4 is 34.8 Å². The molecule has 1 saturated heterocycles. The van der Waals surface area contributed by atoms with Gasteiger partial charge in [-0.1, -0.05) is 11.6 Å². The zero-order valence-electron chi connectivity index (χ0n) is 24.7. The Morgan fingerprint density at radius 1 is 1.10 bits per heavy atom. The van der Waals surface area contributed by atoms with E-state index in [2.05, 4.69) is 62.4 Å². The van der Waals surface area contributed by atoms with E-state index in [-0.39, 0.29) is 11.8 Å². The van der Waals surface area contributed by atoms with Crippen molar-refractivity contribution in [2.75, 3.05) is 29.9 Å². The van der Waals surface area contributed by atoms with Gasteiger partial charge in [0.05, 0.1) is 11.3 Å². The standard InChI is InChI=1S/C32H41ClN6O2/c1-21-10-14-34-19-26(21)20-39(28-8-6-27(7-9-28)37-25(5)40)29-12-16-38(17-13-29)23(3)11-15-35-32(41)31-22(2)18-30(33)36-24(31)4/h6-10,14,18-19,23,29H,11-13,15-17,20H2,1-5H3,(H,35,41)(H,37,40)/t23-/m1/s1. The van der Waals surface area contributed by atoms with Crippen molar-refractivity contribution in [3.63, 3.8) is 0 Å². The SMILES string of the molecule is CC(=O)Nc1ccc(N(Cc2cnccc2C)C2CCN([C@H](C)CCNC(=O)c3c(C)cc(Cl)nc3C)CC2)cc1. The number of rotatable bonds is 10. The summed E-state index contributed by atoms with van der Waals surface area (Å²) in [6, 6.07) is 12.6. The molecule has 1 atom stereocenters. The van der Waals surface area contributed by atoms with E-state index >= 15 is 0 Å². The first-order valence-electron chi connectivity index (χ1n) is 14.3. The topological polar surface area (TPSA) is 90.5 Å². The molecule has 1 aliphatic rings. The molecule has 0 bridgehead atoms. The van der Waals surface area contributed by atoms with Crippen molar-refractivity contribution in [1.82, 2.24) is 20.2 Å². The van der Waals surface area contributed by atoms with Gasteiger partial charge in [0, 0.05) is 69.0 Å². The molecule has 2 aromatic heterocycles. The fourth-order valence-electron chi connectivity index (χ4n) is 5.65. The Kier molecular flexibility index (Phi) is 10.3. The molecule has 1 fully saturated rings. The van der Waals surface area contributed by atoms with Gasteiger partial charge in [-0.05, 0) is 100 Å². The number of aromatic nitrogens is 2. The second-order valence-electron chi connectivity index (χ2n) is 11.0. The van der Waals surface area contributed by atoms with E-state index < -0.39 is 0 Å². The minimum absolute atomic E-state index is 0.0751. The molecule has 0 saturated carbocycles. The molecule has 0 unspecified atom stereocenters. The molecule has 4 rings (SSSR count). The number of likely N-dealkylation sites (tertiary alicyclic amines) is 1. The van der Waals surface area contributed by atoms with Crippen LogP contribution in [-0.4, -0.2) is 58.4 Å². The third kappa shape index (κ3) is 8.05. The summed E-state index contributed by atoms with van der Waals surface area (Å²) in [7, 11) is 0. The number of nitrogens with zero attached hydrogens (tertiary/aromatic N) is 4. The predicted octanol–water partition coefficient (Wildman–Crippen LogP) is 5.69. The number of piperidine rings is 1. The second kappa shape index (κ2) is 13.9. The normalized spacial score (nSPS) is 14.9. The summed E-state index contributed by atoms with van der Waals surface area (Å²) < 4.78 is 0. The third-order valence-electron chi connectivity index (χ3n) is 8.01. The molecule has 3 aromatic rings. The summed E-state index contributed by atoms with van der Waals surface area (Å²) in [4.78, 5) is 37.9. The summed E-state index contributed by atoms with van der Waals surface area (Å²) in [5, 5.41) is 6.34. The molecule has 218 valence electrons. The van der Waals surface area contributed by atoms with Gasteiger partial charge in [-0.15, -0.1) is 0 Å². The maximum Gasteiger partial charge on any atom is 0.253 e. The van der Waals surface area contributed by atoms with Crippen molar-refractivity contribution in [2.45, 2.75) is 72.5 Å². The van der Waals surface area contributed by atoms with Crippen LogP contribution in [0.4, 0.5) is 11.4 Å². The van der Waals surface area contributed by atoms with Gasteiger partial charge in [-0.25, -0.2) is 4.98 Å². The highest BCUT2D eigenvalue weighted by molar-refractivity contribution is 6.29. The molecule has 9 heteroatoms. The molecule has 0 spiro atoms. The largest absolute Gasteiger partial charge is 0.364 e. The number of benzene rings is 1. The molecule has 3 heterocycles. The lowest BCUT2D eigenvalue weighted by molar-refractivity contribution is -0.114. The fourth-order valence-corrected chi connectivity index (χ4v) is 5.94. The van der Waals surface area contributed by atoms with E-state index in [1.54, 1.807) is 6.07 Å². The van der Waals surface area contributed by atoms with Crippen LogP contribution in [-0.2, 0) is 11.3 Å². The number of anilines is 2. The number of amides is 2. The zero-order valence-corrected chi connectivity index (χ0v) is 25.5. The quantitative estimate of drug-likeness (QED) is 0.301. The monoisotopic (exact) mass is 576 g/mol. The van der Waals surface area contributed by atoms with Gasteiger partial charge in [0.25, 0.3) is 5.91 Å². The molecule has 1 aromatic carbocycles. The highest BCUT2D eigenvalue weighted by atomic mass is 35.5. The Hall–Kier alpha value is -3.49. The van der Waals surface area contributed by atoms with Crippen LogP contribution in [0.25, 0.3) is 0 Å². The lowest BCUT2D eigenvalue weighted by Gasteiger charge is -2.42. The number of nitrogens with one attached hydrogen (secondary N) is 2. The predicted molar refractivity (Wildman–Crippen MR) is 166 cm³/mol. The second-order valence-corrected chi connectivity index (χ2v) is 11.4. The summed E-state index contributed by atoms with van der Waals surface area (Å²) in [6.07, 6.45) is 6.75. The first-order chi connectivity index (χ1) is 19.6. The Morgan fingerprint density at radius 3 is 2.44 bits per heavy atom. The highest BCUT2D eigenvalue weighted by Crippen LogP contribution is 2.28. The number of halogens is 1. The van der Waals surface area contributed by atoms with Gasteiger partial charge in [-0.3, -0.25) is 14.6 Å². The number of aryl methyl sites for hydroxylation is 3. The van der Waals surface area contributed by atoms with Crippen molar-refractivity contribution < 1.29 is 9.59 Å². The average Bonchev–Trinajstić information content (AvgIpc) is 2.92. The van der Waals surface area contributed by atoms with Crippen LogP contribution >= 0.6 is 11.6 Å². The maximum atomic E-state index is 12.8. The number of carbonyl (C=O) groups excluding carboxylic acids is 2. The van der Waals surface area contributed by atoms with Gasteiger partial charge >= 0.3 is 0 Å². The molecule has 8 nitrogen and oxygen atoms in total. The zero-order chi connectivity index (χ0) is 29.5. The van der Waals surface area contributed by atoms with Crippen molar-refractivity contribution in [1.29, 1.82) is 0 Å². The van der Waals surface area contributed by atoms with E-state index in [1.807, 2.05) is 38.4 Å². The first-order valence-corrected chi connectivity index (χ1v) is 14.7. The molecule has 2 amide bonds. The van der Waals surface area contributed by atoms with Crippen LogP contribution in [0.2, 0.25) is 5.15 Å². The Bertz CT molecular complexity index is 1330.